The summed E-state index contributed by atoms with van der Waals surface area (Å²) in [6.07, 6.45) is 0. The lowest BCUT2D eigenvalue weighted by Crippen LogP contribution is -2.43. The first-order valence-electron chi connectivity index (χ1n) is 7.76. The van der Waals surface area contributed by atoms with Crippen LogP contribution in [0.2, 0.25) is 5.02 Å². The first-order chi connectivity index (χ1) is 12.5. The number of anilines is 2. The van der Waals surface area contributed by atoms with Crippen molar-refractivity contribution < 1.29 is 23.8 Å². The van der Waals surface area contributed by atoms with Gasteiger partial charge in [-0.1, -0.05) is 11.6 Å². The average molecular weight is 377 g/mol. The van der Waals surface area contributed by atoms with Crippen LogP contribution < -0.4 is 24.4 Å². The zero-order valence-corrected chi connectivity index (χ0v) is 15.0. The molecule has 26 heavy (non-hydrogen) atoms. The molecular weight excluding hydrogens is 360 g/mol. The number of benzene rings is 2. The highest BCUT2D eigenvalue weighted by Crippen LogP contribution is 2.34. The molecule has 2 amide bonds. The fourth-order valence-corrected chi connectivity index (χ4v) is 2.74. The average Bonchev–Trinajstić information content (AvgIpc) is 2.63. The van der Waals surface area contributed by atoms with Crippen LogP contribution in [0.4, 0.5) is 11.4 Å². The van der Waals surface area contributed by atoms with Crippen molar-refractivity contribution in [3.05, 3.63) is 41.4 Å². The van der Waals surface area contributed by atoms with Crippen molar-refractivity contribution in [2.24, 2.45) is 0 Å². The minimum absolute atomic E-state index is 0.145. The highest BCUT2D eigenvalue weighted by atomic mass is 35.5. The van der Waals surface area contributed by atoms with Crippen molar-refractivity contribution >= 4 is 34.8 Å². The maximum Gasteiger partial charge on any atom is 0.265 e. The van der Waals surface area contributed by atoms with Gasteiger partial charge in [0.15, 0.2) is 6.61 Å². The number of nitrogens with zero attached hydrogens (tertiary/aromatic N) is 1. The molecule has 2 aromatic rings. The predicted molar refractivity (Wildman–Crippen MR) is 97.5 cm³/mol. The fraction of sp³-hybridized carbons (Fsp3) is 0.222. The van der Waals surface area contributed by atoms with Gasteiger partial charge in [-0.3, -0.25) is 14.5 Å². The van der Waals surface area contributed by atoms with E-state index in [0.29, 0.717) is 33.6 Å². The van der Waals surface area contributed by atoms with Crippen LogP contribution in [0.15, 0.2) is 36.4 Å². The monoisotopic (exact) mass is 376 g/mol. The van der Waals surface area contributed by atoms with Crippen molar-refractivity contribution in [2.45, 2.75) is 0 Å². The second-order valence-electron chi connectivity index (χ2n) is 5.53. The maximum absolute atomic E-state index is 12.4. The Labute approximate surface area is 155 Å². The number of rotatable bonds is 5. The summed E-state index contributed by atoms with van der Waals surface area (Å²) in [6, 6.07) is 9.92. The highest BCUT2D eigenvalue weighted by Gasteiger charge is 2.27. The molecule has 0 atom stereocenters. The minimum atomic E-state index is -0.364. The number of hydrogen-bond donors (Lipinski definition) is 1. The van der Waals surface area contributed by atoms with Gasteiger partial charge in [0.2, 0.25) is 5.91 Å². The van der Waals surface area contributed by atoms with Gasteiger partial charge in [0.25, 0.3) is 5.91 Å². The highest BCUT2D eigenvalue weighted by molar-refractivity contribution is 6.31. The fourth-order valence-electron chi connectivity index (χ4n) is 2.58. The Hall–Kier alpha value is -2.93. The van der Waals surface area contributed by atoms with E-state index in [4.69, 9.17) is 25.8 Å². The molecule has 136 valence electrons. The second kappa shape index (κ2) is 7.53. The number of methoxy groups -OCH3 is 2. The van der Waals surface area contributed by atoms with Crippen LogP contribution in [-0.2, 0) is 9.59 Å². The van der Waals surface area contributed by atoms with E-state index in [2.05, 4.69) is 5.32 Å². The van der Waals surface area contributed by atoms with Crippen LogP contribution in [0, 0.1) is 0 Å². The summed E-state index contributed by atoms with van der Waals surface area (Å²) >= 11 is 5.94. The van der Waals surface area contributed by atoms with E-state index < -0.39 is 0 Å². The number of amides is 2. The van der Waals surface area contributed by atoms with Gasteiger partial charge in [0, 0.05) is 35.0 Å². The predicted octanol–water partition coefficient (Wildman–Crippen LogP) is 2.72. The molecule has 1 aliphatic rings. The van der Waals surface area contributed by atoms with Crippen molar-refractivity contribution in [3.8, 4) is 17.2 Å². The molecule has 1 heterocycles. The van der Waals surface area contributed by atoms with E-state index in [1.54, 1.807) is 36.4 Å². The number of carbonyl (C=O) groups is 2. The Morgan fingerprint density at radius 1 is 1.19 bits per heavy atom. The lowest BCUT2D eigenvalue weighted by atomic mass is 10.2. The third kappa shape index (κ3) is 3.83. The van der Waals surface area contributed by atoms with Gasteiger partial charge in [0.05, 0.1) is 19.9 Å². The van der Waals surface area contributed by atoms with Crippen molar-refractivity contribution in [2.75, 3.05) is 37.6 Å². The van der Waals surface area contributed by atoms with Crippen LogP contribution in [-0.4, -0.2) is 39.2 Å². The van der Waals surface area contributed by atoms with Gasteiger partial charge in [0.1, 0.15) is 23.8 Å². The number of carbonyl (C=O) groups excluding carboxylic acids is 2. The molecule has 0 radical (unpaired) electrons. The summed E-state index contributed by atoms with van der Waals surface area (Å²) in [7, 11) is 3.05. The molecule has 0 aliphatic carbocycles. The minimum Gasteiger partial charge on any atom is -0.497 e. The van der Waals surface area contributed by atoms with E-state index in [1.807, 2.05) is 0 Å². The van der Waals surface area contributed by atoms with Crippen molar-refractivity contribution in [3.63, 3.8) is 0 Å². The Bertz CT molecular complexity index is 833. The molecule has 0 unspecified atom stereocenters. The summed E-state index contributed by atoms with van der Waals surface area (Å²) in [5.41, 5.74) is 1.01. The lowest BCUT2D eigenvalue weighted by molar-refractivity contribution is -0.123. The standard InChI is InChI=1S/C18H17ClN2O5/c1-24-13-6-12(7-14(8-13)25-2)20-17(22)9-21-15-4-3-11(19)5-16(15)26-10-18(21)23/h3-8H,9-10H2,1-2H3,(H,20,22). The van der Waals surface area contributed by atoms with Gasteiger partial charge in [-0.15, -0.1) is 0 Å². The molecule has 1 N–H and O–H groups in total. The Balaban J connectivity index is 1.77. The molecule has 0 bridgehead atoms. The molecule has 0 aromatic heterocycles. The number of hydrogen-bond acceptors (Lipinski definition) is 5. The summed E-state index contributed by atoms with van der Waals surface area (Å²) in [5, 5.41) is 3.23. The second-order valence-corrected chi connectivity index (χ2v) is 5.97. The number of fused-ring (bicyclic) bond motifs is 1. The molecule has 1 aliphatic heterocycles. The molecule has 2 aromatic carbocycles. The normalized spacial score (nSPS) is 12.9. The Morgan fingerprint density at radius 2 is 1.88 bits per heavy atom. The number of nitrogens with one attached hydrogen (secondary N) is 1. The maximum atomic E-state index is 12.4. The van der Waals surface area contributed by atoms with Gasteiger partial charge >= 0.3 is 0 Å². The quantitative estimate of drug-likeness (QED) is 0.868. The molecular formula is C18H17ClN2O5. The summed E-state index contributed by atoms with van der Waals surface area (Å²) in [6.45, 7) is -0.302. The van der Waals surface area contributed by atoms with E-state index in [-0.39, 0.29) is 25.0 Å². The van der Waals surface area contributed by atoms with Crippen LogP contribution in [0.5, 0.6) is 17.2 Å². The van der Waals surface area contributed by atoms with Crippen LogP contribution in [0.3, 0.4) is 0 Å². The first-order valence-corrected chi connectivity index (χ1v) is 8.13. The van der Waals surface area contributed by atoms with Crippen LogP contribution in [0.25, 0.3) is 0 Å². The topological polar surface area (TPSA) is 77.1 Å². The molecule has 3 rings (SSSR count). The van der Waals surface area contributed by atoms with Crippen molar-refractivity contribution in [1.29, 1.82) is 0 Å². The van der Waals surface area contributed by atoms with E-state index >= 15 is 0 Å². The third-order valence-electron chi connectivity index (χ3n) is 3.80. The Morgan fingerprint density at radius 3 is 2.54 bits per heavy atom. The molecule has 7 nitrogen and oxygen atoms in total. The molecule has 8 heteroatoms. The summed E-state index contributed by atoms with van der Waals surface area (Å²) in [4.78, 5) is 26.0. The van der Waals surface area contributed by atoms with Gasteiger partial charge < -0.3 is 19.5 Å². The van der Waals surface area contributed by atoms with Gasteiger partial charge in [-0.05, 0) is 12.1 Å². The third-order valence-corrected chi connectivity index (χ3v) is 4.04. The lowest BCUT2D eigenvalue weighted by Gasteiger charge is -2.29. The Kier molecular flexibility index (Phi) is 5.18. The van der Waals surface area contributed by atoms with E-state index in [1.165, 1.54) is 19.1 Å². The molecule has 0 fully saturated rings. The van der Waals surface area contributed by atoms with E-state index in [9.17, 15) is 9.59 Å². The zero-order valence-electron chi connectivity index (χ0n) is 14.2. The SMILES string of the molecule is COc1cc(NC(=O)CN2C(=O)COc3cc(Cl)ccc32)cc(OC)c1. The largest absolute Gasteiger partial charge is 0.497 e. The van der Waals surface area contributed by atoms with E-state index in [0.717, 1.165) is 0 Å². The van der Waals surface area contributed by atoms with Crippen LogP contribution >= 0.6 is 11.6 Å². The smallest absolute Gasteiger partial charge is 0.265 e. The first kappa shape index (κ1) is 17.9. The molecule has 0 spiro atoms. The van der Waals surface area contributed by atoms with Crippen LogP contribution in [0.1, 0.15) is 0 Å². The van der Waals surface area contributed by atoms with Gasteiger partial charge in [-0.25, -0.2) is 0 Å². The van der Waals surface area contributed by atoms with Crippen molar-refractivity contribution in [1.82, 2.24) is 0 Å². The molecule has 0 saturated heterocycles. The zero-order chi connectivity index (χ0) is 18.7. The molecule has 0 saturated carbocycles. The summed E-state index contributed by atoms with van der Waals surface area (Å²) in [5.74, 6) is 0.881. The summed E-state index contributed by atoms with van der Waals surface area (Å²) < 4.78 is 15.7. The number of ether oxygens (including phenoxy) is 3. The van der Waals surface area contributed by atoms with Gasteiger partial charge in [-0.2, -0.15) is 0 Å². The number of halogens is 1.